The Bertz CT molecular complexity index is 1080. The number of carbonyl (C=O) groups excluding carboxylic acids is 3. The summed E-state index contributed by atoms with van der Waals surface area (Å²) in [5, 5.41) is 11.3. The van der Waals surface area contributed by atoms with E-state index >= 15 is 0 Å². The number of hydrogen-bond donors (Lipinski definition) is 4. The molecule has 4 amide bonds. The van der Waals surface area contributed by atoms with Crippen LogP contribution in [0.25, 0.3) is 0 Å². The minimum Gasteiger partial charge on any atom is -0.336 e. The summed E-state index contributed by atoms with van der Waals surface area (Å²) in [5.74, 6) is -0.705. The smallest absolute Gasteiger partial charge is 0.319 e. The van der Waals surface area contributed by atoms with Crippen molar-refractivity contribution in [2.45, 2.75) is 24.9 Å². The zero-order valence-corrected chi connectivity index (χ0v) is 17.4. The van der Waals surface area contributed by atoms with Crippen molar-refractivity contribution in [2.24, 2.45) is 0 Å². The average Bonchev–Trinajstić information content (AvgIpc) is 3.63. The van der Waals surface area contributed by atoms with Gasteiger partial charge in [-0.1, -0.05) is 48.5 Å². The first-order valence-corrected chi connectivity index (χ1v) is 10.5. The van der Waals surface area contributed by atoms with E-state index in [0.29, 0.717) is 22.5 Å². The predicted octanol–water partition coefficient (Wildman–Crippen LogP) is 4.08. The zero-order valence-electron chi connectivity index (χ0n) is 17.4. The third-order valence-electron chi connectivity index (χ3n) is 5.03. The van der Waals surface area contributed by atoms with Gasteiger partial charge in [0.1, 0.15) is 6.04 Å². The molecule has 1 aliphatic carbocycles. The fraction of sp³-hybridized carbons (Fsp3) is 0.160. The van der Waals surface area contributed by atoms with Gasteiger partial charge in [0.25, 0.3) is 11.8 Å². The third kappa shape index (κ3) is 5.72. The van der Waals surface area contributed by atoms with Crippen molar-refractivity contribution in [1.29, 1.82) is 0 Å². The molecule has 7 heteroatoms. The minimum atomic E-state index is -0.869. The van der Waals surface area contributed by atoms with Gasteiger partial charge < -0.3 is 21.3 Å². The molecular formula is C25H24N4O3. The Hall–Kier alpha value is -4.13. The van der Waals surface area contributed by atoms with Crippen LogP contribution in [0, 0.1) is 0 Å². The Balaban J connectivity index is 1.43. The Kier molecular flexibility index (Phi) is 6.46. The van der Waals surface area contributed by atoms with E-state index in [1.165, 1.54) is 0 Å². The van der Waals surface area contributed by atoms with E-state index in [1.54, 1.807) is 60.7 Å². The molecule has 1 fully saturated rings. The highest BCUT2D eigenvalue weighted by Gasteiger charge is 2.24. The second-order valence-corrected chi connectivity index (χ2v) is 7.62. The predicted molar refractivity (Wildman–Crippen MR) is 123 cm³/mol. The van der Waals surface area contributed by atoms with E-state index in [0.717, 1.165) is 12.8 Å². The molecule has 0 spiro atoms. The summed E-state index contributed by atoms with van der Waals surface area (Å²) in [7, 11) is 0. The van der Waals surface area contributed by atoms with E-state index in [2.05, 4.69) is 21.3 Å². The molecule has 0 heterocycles. The first kappa shape index (κ1) is 21.1. The van der Waals surface area contributed by atoms with Crippen LogP contribution in [-0.2, 0) is 4.79 Å². The molecule has 0 aliphatic heterocycles. The average molecular weight is 428 g/mol. The molecule has 1 aliphatic rings. The molecule has 1 atom stereocenters. The van der Waals surface area contributed by atoms with Crippen molar-refractivity contribution in [2.75, 3.05) is 10.6 Å². The van der Waals surface area contributed by atoms with Crippen molar-refractivity contribution >= 4 is 29.2 Å². The van der Waals surface area contributed by atoms with E-state index in [9.17, 15) is 14.4 Å². The molecule has 32 heavy (non-hydrogen) atoms. The van der Waals surface area contributed by atoms with Crippen molar-refractivity contribution in [3.8, 4) is 0 Å². The van der Waals surface area contributed by atoms with Gasteiger partial charge in [-0.15, -0.1) is 0 Å². The molecule has 1 unspecified atom stereocenters. The molecule has 1 saturated carbocycles. The third-order valence-corrected chi connectivity index (χ3v) is 5.03. The second kappa shape index (κ2) is 9.78. The number of nitrogens with one attached hydrogen (secondary N) is 4. The summed E-state index contributed by atoms with van der Waals surface area (Å²) in [6.45, 7) is 0. The SMILES string of the molecule is O=C(Nc1ccc(NC(=O)C(NC(=O)c2ccccc2)c2ccccc2)cc1)NC1CC1. The monoisotopic (exact) mass is 428 g/mol. The van der Waals surface area contributed by atoms with Crippen molar-refractivity contribution in [3.63, 3.8) is 0 Å². The summed E-state index contributed by atoms with van der Waals surface area (Å²) in [4.78, 5) is 37.6. The van der Waals surface area contributed by atoms with Gasteiger partial charge in [0.15, 0.2) is 0 Å². The number of rotatable bonds is 7. The molecule has 4 rings (SSSR count). The van der Waals surface area contributed by atoms with Gasteiger partial charge in [0, 0.05) is 23.0 Å². The lowest BCUT2D eigenvalue weighted by atomic mass is 10.1. The second-order valence-electron chi connectivity index (χ2n) is 7.62. The molecule has 4 N–H and O–H groups in total. The van der Waals surface area contributed by atoms with Crippen LogP contribution in [0.2, 0.25) is 0 Å². The van der Waals surface area contributed by atoms with Crippen LogP contribution < -0.4 is 21.3 Å². The lowest BCUT2D eigenvalue weighted by Gasteiger charge is -2.19. The van der Waals surface area contributed by atoms with Crippen LogP contribution in [-0.4, -0.2) is 23.9 Å². The lowest BCUT2D eigenvalue weighted by molar-refractivity contribution is -0.118. The normalized spacial score (nSPS) is 13.5. The molecule has 7 nitrogen and oxygen atoms in total. The molecule has 3 aromatic carbocycles. The Morgan fingerprint density at radius 2 is 1.28 bits per heavy atom. The van der Waals surface area contributed by atoms with Crippen LogP contribution in [0.4, 0.5) is 16.2 Å². The number of hydrogen-bond acceptors (Lipinski definition) is 3. The molecule has 3 aromatic rings. The van der Waals surface area contributed by atoms with E-state index in [4.69, 9.17) is 0 Å². The largest absolute Gasteiger partial charge is 0.336 e. The standard InChI is InChI=1S/C25H24N4O3/c30-23(18-9-5-2-6-10-18)29-22(17-7-3-1-4-8-17)24(31)26-19-11-13-20(14-12-19)27-25(32)28-21-15-16-21/h1-14,21-22H,15-16H2,(H,26,31)(H,29,30)(H2,27,28,32). The van der Waals surface area contributed by atoms with Crippen molar-refractivity contribution < 1.29 is 14.4 Å². The summed E-state index contributed by atoms with van der Waals surface area (Å²) in [6, 6.07) is 23.8. The summed E-state index contributed by atoms with van der Waals surface area (Å²) in [5.41, 5.74) is 2.32. The topological polar surface area (TPSA) is 99.3 Å². The molecule has 0 aromatic heterocycles. The number of benzene rings is 3. The minimum absolute atomic E-state index is 0.239. The highest BCUT2D eigenvalue weighted by Crippen LogP contribution is 2.20. The molecule has 0 saturated heterocycles. The Labute approximate surface area is 186 Å². The van der Waals surface area contributed by atoms with Crippen molar-refractivity contribution in [1.82, 2.24) is 10.6 Å². The van der Waals surface area contributed by atoms with Crippen LogP contribution in [0.5, 0.6) is 0 Å². The lowest BCUT2D eigenvalue weighted by Crippen LogP contribution is -2.37. The quantitative estimate of drug-likeness (QED) is 0.456. The first-order valence-electron chi connectivity index (χ1n) is 10.5. The summed E-state index contributed by atoms with van der Waals surface area (Å²) >= 11 is 0. The number of anilines is 2. The van der Waals surface area contributed by atoms with Gasteiger partial charge in [-0.3, -0.25) is 9.59 Å². The number of urea groups is 1. The fourth-order valence-corrected chi connectivity index (χ4v) is 3.18. The van der Waals surface area contributed by atoms with Gasteiger partial charge in [-0.25, -0.2) is 4.79 Å². The molecule has 162 valence electrons. The van der Waals surface area contributed by atoms with Gasteiger partial charge in [-0.2, -0.15) is 0 Å². The van der Waals surface area contributed by atoms with Gasteiger partial charge >= 0.3 is 6.03 Å². The summed E-state index contributed by atoms with van der Waals surface area (Å²) < 4.78 is 0. The highest BCUT2D eigenvalue weighted by atomic mass is 16.2. The number of amides is 4. The van der Waals surface area contributed by atoms with Gasteiger partial charge in [0.05, 0.1) is 0 Å². The van der Waals surface area contributed by atoms with Crippen molar-refractivity contribution in [3.05, 3.63) is 96.1 Å². The number of carbonyl (C=O) groups is 3. The van der Waals surface area contributed by atoms with E-state index in [1.807, 2.05) is 24.3 Å². The van der Waals surface area contributed by atoms with E-state index in [-0.39, 0.29) is 23.9 Å². The van der Waals surface area contributed by atoms with Crippen LogP contribution in [0.1, 0.15) is 34.8 Å². The molecular weight excluding hydrogens is 404 g/mol. The molecule has 0 radical (unpaired) electrons. The fourth-order valence-electron chi connectivity index (χ4n) is 3.18. The maximum Gasteiger partial charge on any atom is 0.319 e. The van der Waals surface area contributed by atoms with Gasteiger partial charge in [0.2, 0.25) is 0 Å². The van der Waals surface area contributed by atoms with E-state index < -0.39 is 6.04 Å². The first-order chi connectivity index (χ1) is 15.6. The summed E-state index contributed by atoms with van der Waals surface area (Å²) in [6.07, 6.45) is 2.03. The van der Waals surface area contributed by atoms with Crippen LogP contribution in [0.15, 0.2) is 84.9 Å². The van der Waals surface area contributed by atoms with Crippen LogP contribution >= 0.6 is 0 Å². The zero-order chi connectivity index (χ0) is 22.3. The Morgan fingerprint density at radius 1 is 0.719 bits per heavy atom. The Morgan fingerprint density at radius 3 is 1.88 bits per heavy atom. The maximum absolute atomic E-state index is 13.1. The van der Waals surface area contributed by atoms with Crippen LogP contribution in [0.3, 0.4) is 0 Å². The van der Waals surface area contributed by atoms with Gasteiger partial charge in [-0.05, 0) is 54.8 Å². The molecule has 0 bridgehead atoms. The maximum atomic E-state index is 13.1. The highest BCUT2D eigenvalue weighted by molar-refractivity contribution is 6.01.